The number of ether oxygens (including phenoxy) is 1. The molecular weight excluding hydrogens is 296 g/mol. The third kappa shape index (κ3) is 4.47. The van der Waals surface area contributed by atoms with Crippen molar-refractivity contribution in [1.29, 1.82) is 0 Å². The molecule has 1 aliphatic heterocycles. The van der Waals surface area contributed by atoms with Crippen LogP contribution < -0.4 is 10.6 Å². The molecule has 0 radical (unpaired) electrons. The number of nitrogens with one attached hydrogen (secondary N) is 2. The van der Waals surface area contributed by atoms with Crippen LogP contribution in [0.25, 0.3) is 0 Å². The Bertz CT molecular complexity index is 542. The number of anilines is 1. The molecule has 22 heavy (non-hydrogen) atoms. The molecule has 6 nitrogen and oxygen atoms in total. The summed E-state index contributed by atoms with van der Waals surface area (Å²) in [7, 11) is 1.46. The second kappa shape index (κ2) is 7.28. The van der Waals surface area contributed by atoms with Crippen LogP contribution >= 0.6 is 0 Å². The number of rotatable bonds is 4. The van der Waals surface area contributed by atoms with Crippen molar-refractivity contribution < 1.29 is 23.1 Å². The molecule has 1 unspecified atom stereocenters. The molecule has 0 spiro atoms. The van der Waals surface area contributed by atoms with E-state index in [0.29, 0.717) is 25.8 Å². The number of hydrogen-bond donors (Lipinski definition) is 2. The van der Waals surface area contributed by atoms with Gasteiger partial charge in [-0.2, -0.15) is 0 Å². The van der Waals surface area contributed by atoms with Gasteiger partial charge >= 0.3 is 0 Å². The van der Waals surface area contributed by atoms with Crippen LogP contribution in [-0.2, 0) is 14.3 Å². The van der Waals surface area contributed by atoms with E-state index in [1.54, 1.807) is 0 Å². The molecule has 1 fully saturated rings. The van der Waals surface area contributed by atoms with Gasteiger partial charge in [0.1, 0.15) is 17.7 Å². The molecule has 1 aromatic rings. The summed E-state index contributed by atoms with van der Waals surface area (Å²) >= 11 is 0. The number of hydrogen-bond acceptors (Lipinski definition) is 4. The van der Waals surface area contributed by atoms with Crippen LogP contribution in [0.1, 0.15) is 0 Å². The van der Waals surface area contributed by atoms with E-state index in [-0.39, 0.29) is 18.1 Å². The highest BCUT2D eigenvalue weighted by molar-refractivity contribution is 5.95. The fraction of sp³-hybridized carbons (Fsp3) is 0.429. The van der Waals surface area contributed by atoms with Gasteiger partial charge in [-0.25, -0.2) is 8.78 Å². The lowest BCUT2D eigenvalue weighted by atomic mass is 10.2. The standard InChI is InChI=1S/C14H17F2N3O3/c1-19(14(21)12-7-17-2-3-22-12)8-13(20)18-11-5-9(15)4-10(16)6-11/h4-6,12,17H,2-3,7-8H2,1H3,(H,18,20). The Morgan fingerprint density at radius 1 is 1.36 bits per heavy atom. The van der Waals surface area contributed by atoms with Crippen molar-refractivity contribution >= 4 is 17.5 Å². The van der Waals surface area contributed by atoms with Gasteiger partial charge in [0.2, 0.25) is 5.91 Å². The first kappa shape index (κ1) is 16.3. The largest absolute Gasteiger partial charge is 0.366 e. The van der Waals surface area contributed by atoms with E-state index in [4.69, 9.17) is 4.74 Å². The Labute approximate surface area is 126 Å². The van der Waals surface area contributed by atoms with Gasteiger partial charge in [-0.1, -0.05) is 0 Å². The first-order valence-corrected chi connectivity index (χ1v) is 6.79. The van der Waals surface area contributed by atoms with Crippen molar-refractivity contribution in [2.45, 2.75) is 6.10 Å². The third-order valence-electron chi connectivity index (χ3n) is 3.11. The molecule has 8 heteroatoms. The van der Waals surface area contributed by atoms with E-state index in [0.717, 1.165) is 12.1 Å². The maximum absolute atomic E-state index is 13.0. The lowest BCUT2D eigenvalue weighted by molar-refractivity contribution is -0.145. The number of likely N-dealkylation sites (N-methyl/N-ethyl adjacent to an activating group) is 1. The third-order valence-corrected chi connectivity index (χ3v) is 3.11. The van der Waals surface area contributed by atoms with E-state index in [9.17, 15) is 18.4 Å². The van der Waals surface area contributed by atoms with Gasteiger partial charge in [0.05, 0.1) is 13.2 Å². The molecule has 2 N–H and O–H groups in total. The Morgan fingerprint density at radius 3 is 2.64 bits per heavy atom. The Morgan fingerprint density at radius 2 is 2.05 bits per heavy atom. The topological polar surface area (TPSA) is 70.7 Å². The number of benzene rings is 1. The fourth-order valence-corrected chi connectivity index (χ4v) is 2.09. The molecule has 0 bridgehead atoms. The zero-order chi connectivity index (χ0) is 16.1. The normalized spacial score (nSPS) is 17.9. The van der Waals surface area contributed by atoms with E-state index in [1.807, 2.05) is 0 Å². The number of morpholine rings is 1. The van der Waals surface area contributed by atoms with E-state index < -0.39 is 23.6 Å². The molecule has 1 atom stereocenters. The average Bonchev–Trinajstić information content (AvgIpc) is 2.46. The van der Waals surface area contributed by atoms with Gasteiger partial charge < -0.3 is 20.3 Å². The highest BCUT2D eigenvalue weighted by atomic mass is 19.1. The number of amides is 2. The minimum atomic E-state index is -0.790. The Hall–Kier alpha value is -2.06. The average molecular weight is 313 g/mol. The summed E-state index contributed by atoms with van der Waals surface area (Å²) in [4.78, 5) is 25.1. The second-order valence-corrected chi connectivity index (χ2v) is 4.96. The minimum absolute atomic E-state index is 0.000989. The fourth-order valence-electron chi connectivity index (χ4n) is 2.09. The second-order valence-electron chi connectivity index (χ2n) is 4.96. The molecule has 2 rings (SSSR count). The number of carbonyl (C=O) groups excluding carboxylic acids is 2. The van der Waals surface area contributed by atoms with Crippen LogP contribution in [0.5, 0.6) is 0 Å². The van der Waals surface area contributed by atoms with E-state index in [2.05, 4.69) is 10.6 Å². The summed E-state index contributed by atoms with van der Waals surface area (Å²) in [6, 6.07) is 2.70. The first-order valence-electron chi connectivity index (χ1n) is 6.79. The number of halogens is 2. The SMILES string of the molecule is CN(CC(=O)Nc1cc(F)cc(F)c1)C(=O)C1CNCCO1. The lowest BCUT2D eigenvalue weighted by Crippen LogP contribution is -2.49. The smallest absolute Gasteiger partial charge is 0.253 e. The van der Waals surface area contributed by atoms with Crippen LogP contribution in [0, 0.1) is 11.6 Å². The summed E-state index contributed by atoms with van der Waals surface area (Å²) in [5, 5.41) is 5.36. The number of carbonyl (C=O) groups is 2. The van der Waals surface area contributed by atoms with Crippen LogP contribution in [0.4, 0.5) is 14.5 Å². The van der Waals surface area contributed by atoms with Crippen LogP contribution in [0.2, 0.25) is 0 Å². The molecule has 0 aliphatic carbocycles. The quantitative estimate of drug-likeness (QED) is 0.841. The van der Waals surface area contributed by atoms with Crippen molar-refractivity contribution in [3.8, 4) is 0 Å². The Kier molecular flexibility index (Phi) is 5.40. The molecule has 1 aromatic carbocycles. The Balaban J connectivity index is 1.89. The zero-order valence-electron chi connectivity index (χ0n) is 12.1. The monoisotopic (exact) mass is 313 g/mol. The van der Waals surface area contributed by atoms with Crippen molar-refractivity contribution in [3.63, 3.8) is 0 Å². The molecule has 1 saturated heterocycles. The van der Waals surface area contributed by atoms with Crippen molar-refractivity contribution in [2.75, 3.05) is 38.6 Å². The zero-order valence-corrected chi connectivity index (χ0v) is 12.1. The van der Waals surface area contributed by atoms with Crippen molar-refractivity contribution in [3.05, 3.63) is 29.8 Å². The van der Waals surface area contributed by atoms with Gasteiger partial charge in [-0.05, 0) is 12.1 Å². The highest BCUT2D eigenvalue weighted by Crippen LogP contribution is 2.12. The number of nitrogens with zero attached hydrogens (tertiary/aromatic N) is 1. The van der Waals surface area contributed by atoms with Crippen LogP contribution in [0.3, 0.4) is 0 Å². The summed E-state index contributed by atoms with van der Waals surface area (Å²) in [6.07, 6.45) is -0.627. The molecule has 1 heterocycles. The molecular formula is C14H17F2N3O3. The first-order chi connectivity index (χ1) is 10.5. The maximum Gasteiger partial charge on any atom is 0.253 e. The predicted molar refractivity (Wildman–Crippen MR) is 75.2 cm³/mol. The highest BCUT2D eigenvalue weighted by Gasteiger charge is 2.25. The molecule has 0 saturated carbocycles. The van der Waals surface area contributed by atoms with Gasteiger partial charge in [0.25, 0.3) is 5.91 Å². The van der Waals surface area contributed by atoms with Crippen molar-refractivity contribution in [2.24, 2.45) is 0 Å². The summed E-state index contributed by atoms with van der Waals surface area (Å²) in [5.41, 5.74) is -0.000989. The summed E-state index contributed by atoms with van der Waals surface area (Å²) in [6.45, 7) is 1.26. The van der Waals surface area contributed by atoms with Crippen molar-refractivity contribution in [1.82, 2.24) is 10.2 Å². The van der Waals surface area contributed by atoms with E-state index >= 15 is 0 Å². The summed E-state index contributed by atoms with van der Waals surface area (Å²) in [5.74, 6) is -2.46. The van der Waals surface area contributed by atoms with Crippen LogP contribution in [0.15, 0.2) is 18.2 Å². The molecule has 0 aromatic heterocycles. The molecule has 120 valence electrons. The van der Waals surface area contributed by atoms with Gasteiger partial charge in [-0.3, -0.25) is 9.59 Å². The van der Waals surface area contributed by atoms with Crippen LogP contribution in [-0.4, -0.2) is 56.1 Å². The molecule has 2 amide bonds. The van der Waals surface area contributed by atoms with Gasteiger partial charge in [0.15, 0.2) is 0 Å². The summed E-state index contributed by atoms with van der Waals surface area (Å²) < 4.78 is 31.4. The lowest BCUT2D eigenvalue weighted by Gasteiger charge is -2.26. The van der Waals surface area contributed by atoms with Gasteiger partial charge in [-0.15, -0.1) is 0 Å². The van der Waals surface area contributed by atoms with Gasteiger partial charge in [0, 0.05) is 31.9 Å². The predicted octanol–water partition coefficient (Wildman–Crippen LogP) is 0.350. The molecule has 1 aliphatic rings. The minimum Gasteiger partial charge on any atom is -0.366 e. The maximum atomic E-state index is 13.0. The van der Waals surface area contributed by atoms with E-state index in [1.165, 1.54) is 11.9 Å².